The van der Waals surface area contributed by atoms with E-state index >= 15 is 0 Å². The van der Waals surface area contributed by atoms with Crippen LogP contribution in [0.3, 0.4) is 0 Å². The summed E-state index contributed by atoms with van der Waals surface area (Å²) in [5.41, 5.74) is 18.8. The number of benzene rings is 6. The van der Waals surface area contributed by atoms with Gasteiger partial charge in [0.15, 0.2) is 0 Å². The van der Waals surface area contributed by atoms with E-state index in [1.165, 1.54) is 49.9 Å². The molecule has 3 heteroatoms. The van der Waals surface area contributed by atoms with Crippen molar-refractivity contribution in [3.05, 3.63) is 192 Å². The first kappa shape index (κ1) is 30.3. The van der Waals surface area contributed by atoms with Crippen molar-refractivity contribution in [3.8, 4) is 22.3 Å². The molecule has 1 unspecified atom stereocenters. The molecule has 0 fully saturated rings. The Labute approximate surface area is 302 Å². The fraction of sp³-hybridized carbons (Fsp3) is 0.0816. The van der Waals surface area contributed by atoms with Crippen molar-refractivity contribution in [3.63, 3.8) is 0 Å². The van der Waals surface area contributed by atoms with E-state index in [4.69, 9.17) is 4.42 Å². The summed E-state index contributed by atoms with van der Waals surface area (Å²) in [6, 6.07) is 44.8. The largest absolute Gasteiger partial charge is 0.455 e. The smallest absolute Gasteiger partial charge is 0.145 e. The van der Waals surface area contributed by atoms with Gasteiger partial charge in [0.25, 0.3) is 0 Å². The van der Waals surface area contributed by atoms with E-state index in [9.17, 15) is 0 Å². The first-order valence-corrected chi connectivity index (χ1v) is 18.3. The minimum atomic E-state index is 0.161. The Morgan fingerprint density at radius 2 is 1.42 bits per heavy atom. The zero-order valence-electron chi connectivity index (χ0n) is 29.1. The van der Waals surface area contributed by atoms with Crippen LogP contribution >= 0.6 is 0 Å². The average molecular weight is 669 g/mol. The quantitative estimate of drug-likeness (QED) is 0.189. The zero-order valence-corrected chi connectivity index (χ0v) is 29.1. The summed E-state index contributed by atoms with van der Waals surface area (Å²) in [7, 11) is 0. The molecule has 2 aliphatic carbocycles. The van der Waals surface area contributed by atoms with Crippen LogP contribution in [0.4, 0.5) is 0 Å². The lowest BCUT2D eigenvalue weighted by atomic mass is 9.88. The lowest BCUT2D eigenvalue weighted by molar-refractivity contribution is 0.672. The van der Waals surface area contributed by atoms with Gasteiger partial charge in [-0.05, 0) is 105 Å². The van der Waals surface area contributed by atoms with Gasteiger partial charge in [-0.2, -0.15) is 0 Å². The van der Waals surface area contributed by atoms with Crippen LogP contribution in [-0.4, -0.2) is 4.57 Å². The second-order valence-corrected chi connectivity index (χ2v) is 13.4. The number of dihydropyridines is 1. The molecule has 248 valence electrons. The van der Waals surface area contributed by atoms with Gasteiger partial charge in [-0.25, -0.2) is 0 Å². The Kier molecular flexibility index (Phi) is 7.02. The summed E-state index contributed by atoms with van der Waals surface area (Å²) >= 11 is 0. The molecular formula is C49H36N2O. The molecule has 0 saturated heterocycles. The molecule has 2 aromatic heterocycles. The maximum absolute atomic E-state index is 6.82. The molecule has 8 aromatic rings. The van der Waals surface area contributed by atoms with Crippen molar-refractivity contribution in [2.75, 3.05) is 0 Å². The summed E-state index contributed by atoms with van der Waals surface area (Å²) in [4.78, 5) is 0. The van der Waals surface area contributed by atoms with Crippen LogP contribution in [0, 0.1) is 0 Å². The van der Waals surface area contributed by atoms with Gasteiger partial charge in [0.1, 0.15) is 11.2 Å². The molecule has 1 atom stereocenters. The first-order valence-electron chi connectivity index (χ1n) is 18.3. The Balaban J connectivity index is 0.00000166. The number of allylic oxidation sites excluding steroid dienone is 5. The summed E-state index contributed by atoms with van der Waals surface area (Å²) in [5, 5.41) is 8.04. The maximum Gasteiger partial charge on any atom is 0.145 e. The van der Waals surface area contributed by atoms with Crippen molar-refractivity contribution in [2.45, 2.75) is 25.8 Å². The lowest BCUT2D eigenvalue weighted by Gasteiger charge is -2.17. The number of furan rings is 1. The summed E-state index contributed by atoms with van der Waals surface area (Å²) in [6.45, 7) is 4.00. The molecule has 0 amide bonds. The summed E-state index contributed by atoms with van der Waals surface area (Å²) in [6.07, 6.45) is 14.5. The molecule has 0 saturated carbocycles. The highest BCUT2D eigenvalue weighted by Gasteiger charge is 2.30. The highest BCUT2D eigenvalue weighted by Crippen LogP contribution is 2.49. The number of nitrogens with zero attached hydrogens (tertiary/aromatic N) is 1. The van der Waals surface area contributed by atoms with Crippen LogP contribution in [0.1, 0.15) is 48.1 Å². The fourth-order valence-corrected chi connectivity index (χ4v) is 8.51. The Hall–Kier alpha value is -6.54. The zero-order chi connectivity index (χ0) is 34.8. The third-order valence-electron chi connectivity index (χ3n) is 10.7. The van der Waals surface area contributed by atoms with E-state index < -0.39 is 0 Å². The van der Waals surface area contributed by atoms with Crippen LogP contribution in [0.25, 0.3) is 71.7 Å². The number of hydrogen-bond acceptors (Lipinski definition) is 2. The second-order valence-electron chi connectivity index (χ2n) is 13.4. The lowest BCUT2D eigenvalue weighted by Crippen LogP contribution is -2.14. The second kappa shape index (κ2) is 12.1. The topological polar surface area (TPSA) is 30.1 Å². The molecule has 3 aliphatic rings. The molecule has 1 N–H and O–H groups in total. The van der Waals surface area contributed by atoms with Gasteiger partial charge < -0.3 is 14.3 Å². The van der Waals surface area contributed by atoms with Crippen molar-refractivity contribution in [1.29, 1.82) is 0 Å². The van der Waals surface area contributed by atoms with Crippen molar-refractivity contribution >= 4 is 49.4 Å². The van der Waals surface area contributed by atoms with Crippen LogP contribution < -0.4 is 5.32 Å². The van der Waals surface area contributed by atoms with Crippen LogP contribution in [0.5, 0.6) is 0 Å². The predicted molar refractivity (Wildman–Crippen MR) is 217 cm³/mol. The highest BCUT2D eigenvalue weighted by atomic mass is 16.3. The molecule has 3 nitrogen and oxygen atoms in total. The van der Waals surface area contributed by atoms with E-state index in [0.717, 1.165) is 44.1 Å². The number of nitrogens with one attached hydrogen (secondary N) is 1. The minimum absolute atomic E-state index is 0.161. The molecule has 11 rings (SSSR count). The first-order chi connectivity index (χ1) is 25.8. The predicted octanol–water partition coefficient (Wildman–Crippen LogP) is 12.8. The Morgan fingerprint density at radius 3 is 2.19 bits per heavy atom. The third-order valence-corrected chi connectivity index (χ3v) is 10.7. The van der Waals surface area contributed by atoms with Gasteiger partial charge in [0, 0.05) is 22.1 Å². The Morgan fingerprint density at radius 1 is 0.635 bits per heavy atom. The number of aromatic nitrogens is 1. The number of hydrogen-bond donors (Lipinski definition) is 1. The SMILES string of the molecule is C1=CC=CC=1n1c2cc(-c3cccc(C4C=CC=CN4)c3)ccc2c2c3oc4ccc(C5c6ccccc6-c6ccccc65)cc4c3ccc21.CC. The molecule has 0 radical (unpaired) electrons. The fourth-order valence-electron chi connectivity index (χ4n) is 8.51. The molecular weight excluding hydrogens is 633 g/mol. The molecule has 1 aliphatic heterocycles. The normalized spacial score (nSPS) is 15.7. The van der Waals surface area contributed by atoms with Crippen LogP contribution in [0.15, 0.2) is 174 Å². The molecule has 52 heavy (non-hydrogen) atoms. The average Bonchev–Trinajstić information content (AvgIpc) is 4.01. The van der Waals surface area contributed by atoms with Gasteiger partial charge in [-0.15, -0.1) is 0 Å². The molecule has 3 heterocycles. The van der Waals surface area contributed by atoms with E-state index in [1.807, 2.05) is 32.2 Å². The van der Waals surface area contributed by atoms with Gasteiger partial charge in [-0.1, -0.05) is 123 Å². The van der Waals surface area contributed by atoms with E-state index in [-0.39, 0.29) is 12.0 Å². The molecule has 0 bridgehead atoms. The monoisotopic (exact) mass is 668 g/mol. The Bertz CT molecular complexity index is 2860. The van der Waals surface area contributed by atoms with Crippen molar-refractivity contribution in [1.82, 2.24) is 9.88 Å². The highest BCUT2D eigenvalue weighted by molar-refractivity contribution is 6.24. The minimum Gasteiger partial charge on any atom is -0.455 e. The summed E-state index contributed by atoms with van der Waals surface area (Å²) < 4.78 is 9.15. The van der Waals surface area contributed by atoms with E-state index in [0.29, 0.717) is 0 Å². The van der Waals surface area contributed by atoms with Crippen LogP contribution in [0.2, 0.25) is 0 Å². The van der Waals surface area contributed by atoms with Gasteiger partial charge in [-0.3, -0.25) is 0 Å². The number of fused-ring (bicyclic) bond motifs is 10. The van der Waals surface area contributed by atoms with Gasteiger partial charge in [0.2, 0.25) is 0 Å². The van der Waals surface area contributed by atoms with Gasteiger partial charge in [0.05, 0.1) is 28.2 Å². The van der Waals surface area contributed by atoms with Gasteiger partial charge >= 0.3 is 0 Å². The van der Waals surface area contributed by atoms with E-state index in [1.54, 1.807) is 0 Å². The van der Waals surface area contributed by atoms with Crippen molar-refractivity contribution in [2.24, 2.45) is 0 Å². The van der Waals surface area contributed by atoms with Crippen LogP contribution in [-0.2, 0) is 0 Å². The summed E-state index contributed by atoms with van der Waals surface area (Å²) in [5.74, 6) is 0.188. The molecule has 0 spiro atoms. The number of rotatable bonds is 4. The standard InChI is InChI=1S/C47H30N2O.C2H6/c1-2-13-33(12-1)49-42-23-22-38-40-27-32(45-36-16-5-3-14-34(36)35-15-4-6-17-37(35)45)20-24-44(40)50-47(38)46(42)39-21-19-30(28-43(39)49)29-10-9-11-31(26-29)41-18-7-8-25-48-41;1-2/h1-12,14-28,41,45,48H;1-2H3. The maximum atomic E-state index is 6.82. The molecule has 6 aromatic carbocycles. The third kappa shape index (κ3) is 4.53. The van der Waals surface area contributed by atoms with Crippen molar-refractivity contribution < 1.29 is 4.42 Å². The van der Waals surface area contributed by atoms with E-state index in [2.05, 4.69) is 161 Å².